The van der Waals surface area contributed by atoms with E-state index in [1.165, 1.54) is 5.56 Å². The van der Waals surface area contributed by atoms with Crippen molar-refractivity contribution in [2.75, 3.05) is 32.8 Å². The monoisotopic (exact) mass is 692 g/mol. The van der Waals surface area contributed by atoms with Crippen molar-refractivity contribution in [3.05, 3.63) is 123 Å². The standard InChI is InChI=1S/C36H35Cl3N4O4/c37-27-7-5-25(6-8-27)3-1-15-42-17-13-26-19-29(10-11-31(26)35(42)43-16-2-4-34(43)44)45-21-30-22-46-36(47-30,23-41-18-14-40-24-41)32-12-9-28(38)20-33(32)39/h1,3,5-12,14,18-20,24,30,35H,2,4,13,15-17,21-23H2/b3-1-. The number of benzene rings is 3. The van der Waals surface area contributed by atoms with Crippen molar-refractivity contribution in [1.29, 1.82) is 0 Å². The number of halogens is 3. The second-order valence-corrected chi connectivity index (χ2v) is 13.4. The largest absolute Gasteiger partial charge is 0.491 e. The highest BCUT2D eigenvalue weighted by atomic mass is 35.5. The van der Waals surface area contributed by atoms with E-state index in [4.69, 9.17) is 49.0 Å². The Labute approximate surface area is 289 Å². The summed E-state index contributed by atoms with van der Waals surface area (Å²) < 4.78 is 21.1. The molecule has 4 heterocycles. The molecule has 4 aromatic rings. The second-order valence-electron chi connectivity index (χ2n) is 12.1. The van der Waals surface area contributed by atoms with E-state index >= 15 is 0 Å². The average Bonchev–Trinajstić information content (AvgIpc) is 3.83. The Balaban J connectivity index is 1.05. The number of hydrogen-bond acceptors (Lipinski definition) is 6. The van der Waals surface area contributed by atoms with Gasteiger partial charge < -0.3 is 23.7 Å². The van der Waals surface area contributed by atoms with E-state index in [1.54, 1.807) is 24.7 Å². The van der Waals surface area contributed by atoms with Gasteiger partial charge in [-0.3, -0.25) is 9.69 Å². The van der Waals surface area contributed by atoms with Crippen LogP contribution in [0.15, 0.2) is 85.5 Å². The third-order valence-electron chi connectivity index (χ3n) is 8.92. The molecular weight excluding hydrogens is 659 g/mol. The molecule has 3 atom stereocenters. The molecule has 8 nitrogen and oxygen atoms in total. The van der Waals surface area contributed by atoms with Crippen molar-refractivity contribution >= 4 is 46.8 Å². The van der Waals surface area contributed by atoms with Crippen LogP contribution in [0.25, 0.3) is 6.08 Å². The lowest BCUT2D eigenvalue weighted by molar-refractivity contribution is -0.189. The van der Waals surface area contributed by atoms with Gasteiger partial charge in [0, 0.05) is 54.1 Å². The number of ether oxygens (including phenoxy) is 3. The molecule has 0 bridgehead atoms. The van der Waals surface area contributed by atoms with Crippen LogP contribution in [0.3, 0.4) is 0 Å². The second kappa shape index (κ2) is 14.0. The fourth-order valence-corrected chi connectivity index (χ4v) is 7.35. The van der Waals surface area contributed by atoms with E-state index in [2.05, 4.69) is 34.2 Å². The van der Waals surface area contributed by atoms with E-state index in [0.29, 0.717) is 41.8 Å². The molecule has 0 N–H and O–H groups in total. The molecule has 11 heteroatoms. The first-order valence-corrected chi connectivity index (χ1v) is 16.9. The van der Waals surface area contributed by atoms with Crippen molar-refractivity contribution in [3.8, 4) is 5.75 Å². The van der Waals surface area contributed by atoms with Crippen LogP contribution in [0.5, 0.6) is 5.75 Å². The number of fused-ring (bicyclic) bond motifs is 1. The summed E-state index contributed by atoms with van der Waals surface area (Å²) >= 11 is 18.9. The molecule has 3 aromatic carbocycles. The number of aromatic nitrogens is 2. The van der Waals surface area contributed by atoms with Gasteiger partial charge in [0.25, 0.3) is 0 Å². The third kappa shape index (κ3) is 7.09. The molecule has 3 aliphatic rings. The Morgan fingerprint density at radius 1 is 1.00 bits per heavy atom. The molecule has 2 saturated heterocycles. The molecular formula is C36H35Cl3N4O4. The Morgan fingerprint density at radius 3 is 2.62 bits per heavy atom. The van der Waals surface area contributed by atoms with Crippen LogP contribution in [0.4, 0.5) is 0 Å². The molecule has 47 heavy (non-hydrogen) atoms. The first kappa shape index (κ1) is 32.2. The normalized spacial score (nSPS) is 23.1. The lowest BCUT2D eigenvalue weighted by Gasteiger charge is -2.42. The lowest BCUT2D eigenvalue weighted by Crippen LogP contribution is -2.46. The number of nitrogens with zero attached hydrogens (tertiary/aromatic N) is 4. The number of rotatable bonds is 10. The van der Waals surface area contributed by atoms with Gasteiger partial charge in [-0.15, -0.1) is 0 Å². The van der Waals surface area contributed by atoms with Crippen LogP contribution < -0.4 is 4.74 Å². The zero-order chi connectivity index (χ0) is 32.4. The van der Waals surface area contributed by atoms with Crippen LogP contribution in [-0.2, 0) is 33.0 Å². The molecule has 0 aliphatic carbocycles. The number of amides is 1. The Morgan fingerprint density at radius 2 is 1.85 bits per heavy atom. The van der Waals surface area contributed by atoms with Crippen molar-refractivity contribution < 1.29 is 19.0 Å². The van der Waals surface area contributed by atoms with Crippen molar-refractivity contribution in [2.24, 2.45) is 0 Å². The maximum Gasteiger partial charge on any atom is 0.224 e. The molecule has 1 amide bonds. The summed E-state index contributed by atoms with van der Waals surface area (Å²) in [7, 11) is 0. The molecule has 2 fully saturated rings. The summed E-state index contributed by atoms with van der Waals surface area (Å²) in [6, 6.07) is 19.3. The smallest absolute Gasteiger partial charge is 0.224 e. The lowest BCUT2D eigenvalue weighted by atomic mass is 9.95. The molecule has 3 unspecified atom stereocenters. The zero-order valence-corrected chi connectivity index (χ0v) is 28.0. The third-order valence-corrected chi connectivity index (χ3v) is 9.72. The van der Waals surface area contributed by atoms with Gasteiger partial charge in [-0.2, -0.15) is 0 Å². The van der Waals surface area contributed by atoms with E-state index in [9.17, 15) is 4.79 Å². The van der Waals surface area contributed by atoms with Gasteiger partial charge in [-0.25, -0.2) is 4.98 Å². The summed E-state index contributed by atoms with van der Waals surface area (Å²) in [4.78, 5) is 21.5. The average molecular weight is 694 g/mol. The summed E-state index contributed by atoms with van der Waals surface area (Å²) in [5.74, 6) is -0.160. The van der Waals surface area contributed by atoms with Crippen molar-refractivity contribution in [2.45, 2.75) is 43.9 Å². The van der Waals surface area contributed by atoms with E-state index < -0.39 is 5.79 Å². The number of hydrogen-bond donors (Lipinski definition) is 0. The number of carbonyl (C=O) groups is 1. The van der Waals surface area contributed by atoms with E-state index in [0.717, 1.165) is 54.4 Å². The van der Waals surface area contributed by atoms with Crippen LogP contribution in [0.2, 0.25) is 15.1 Å². The maximum absolute atomic E-state index is 13.0. The minimum Gasteiger partial charge on any atom is -0.491 e. The predicted molar refractivity (Wildman–Crippen MR) is 183 cm³/mol. The Bertz CT molecular complexity index is 1750. The highest BCUT2D eigenvalue weighted by Crippen LogP contribution is 2.41. The van der Waals surface area contributed by atoms with E-state index in [1.807, 2.05) is 52.1 Å². The zero-order valence-electron chi connectivity index (χ0n) is 25.7. The molecule has 244 valence electrons. The molecule has 7 rings (SSSR count). The Kier molecular flexibility index (Phi) is 9.59. The Hall–Kier alpha value is -3.37. The van der Waals surface area contributed by atoms with Gasteiger partial charge in [0.05, 0.1) is 24.5 Å². The first-order chi connectivity index (χ1) is 22.9. The van der Waals surface area contributed by atoms with Gasteiger partial charge in [0.1, 0.15) is 24.6 Å². The fourth-order valence-electron chi connectivity index (χ4n) is 6.67. The van der Waals surface area contributed by atoms with Crippen LogP contribution in [0.1, 0.15) is 41.3 Å². The number of carbonyl (C=O) groups excluding carboxylic acids is 1. The molecule has 0 spiro atoms. The number of likely N-dealkylation sites (tertiary alicyclic amines) is 1. The minimum atomic E-state index is -1.12. The molecule has 0 radical (unpaired) electrons. The van der Waals surface area contributed by atoms with Gasteiger partial charge >= 0.3 is 0 Å². The van der Waals surface area contributed by atoms with E-state index in [-0.39, 0.29) is 18.2 Å². The highest BCUT2D eigenvalue weighted by Gasteiger charge is 2.45. The highest BCUT2D eigenvalue weighted by molar-refractivity contribution is 6.35. The van der Waals surface area contributed by atoms with Gasteiger partial charge in [-0.1, -0.05) is 71.2 Å². The molecule has 0 saturated carbocycles. The quantitative estimate of drug-likeness (QED) is 0.173. The molecule has 1 aromatic heterocycles. The maximum atomic E-state index is 13.0. The fraction of sp³-hybridized carbons (Fsp3) is 0.333. The summed E-state index contributed by atoms with van der Waals surface area (Å²) in [5, 5.41) is 1.72. The summed E-state index contributed by atoms with van der Waals surface area (Å²) in [6.07, 6.45) is 11.4. The topological polar surface area (TPSA) is 69.1 Å². The van der Waals surface area contributed by atoms with Crippen LogP contribution >= 0.6 is 34.8 Å². The van der Waals surface area contributed by atoms with Gasteiger partial charge in [0.15, 0.2) is 0 Å². The summed E-state index contributed by atoms with van der Waals surface area (Å²) in [6.45, 7) is 3.31. The van der Waals surface area contributed by atoms with Gasteiger partial charge in [-0.05, 0) is 65.9 Å². The van der Waals surface area contributed by atoms with Crippen molar-refractivity contribution in [3.63, 3.8) is 0 Å². The SMILES string of the molecule is O=C1CCCN1C1c2ccc(OCC3COC(Cn4ccnc4)(c4ccc(Cl)cc4Cl)O3)cc2CCN1C/C=C\c1ccc(Cl)cc1. The van der Waals surface area contributed by atoms with Gasteiger partial charge in [0.2, 0.25) is 11.7 Å². The summed E-state index contributed by atoms with van der Waals surface area (Å²) in [5.41, 5.74) is 4.13. The first-order valence-electron chi connectivity index (χ1n) is 15.8. The molecule has 3 aliphatic heterocycles. The predicted octanol–water partition coefficient (Wildman–Crippen LogP) is 7.38. The minimum absolute atomic E-state index is 0.114. The van der Waals surface area contributed by atoms with Crippen molar-refractivity contribution in [1.82, 2.24) is 19.4 Å². The van der Waals surface area contributed by atoms with Crippen LogP contribution in [0, 0.1) is 0 Å². The number of imidazole rings is 1. The van der Waals surface area contributed by atoms with Crippen LogP contribution in [-0.4, -0.2) is 64.2 Å².